The molecule has 1 aliphatic rings. The van der Waals surface area contributed by atoms with Gasteiger partial charge in [0.15, 0.2) is 0 Å². The normalized spacial score (nSPS) is 20.3. The van der Waals surface area contributed by atoms with Gasteiger partial charge in [-0.2, -0.15) is 0 Å². The number of rotatable bonds is 4. The van der Waals surface area contributed by atoms with Crippen LogP contribution in [0.15, 0.2) is 42.5 Å². The molecule has 3 rings (SSSR count). The highest BCUT2D eigenvalue weighted by atomic mass is 16.5. The zero-order chi connectivity index (χ0) is 17.8. The van der Waals surface area contributed by atoms with Crippen LogP contribution in [0, 0.1) is 0 Å². The molecule has 2 aromatic rings. The van der Waals surface area contributed by atoms with Gasteiger partial charge in [-0.25, -0.2) is 4.79 Å². The number of hydrogen-bond acceptors (Lipinski definition) is 3. The van der Waals surface area contributed by atoms with Crippen molar-refractivity contribution in [3.05, 3.63) is 48.0 Å². The van der Waals surface area contributed by atoms with E-state index in [0.717, 1.165) is 5.56 Å². The molecule has 0 unspecified atom stereocenters. The van der Waals surface area contributed by atoms with Crippen molar-refractivity contribution < 1.29 is 14.6 Å². The van der Waals surface area contributed by atoms with Gasteiger partial charge in [-0.15, -0.1) is 0 Å². The van der Waals surface area contributed by atoms with Crippen LogP contribution in [-0.2, 0) is 4.74 Å². The molecule has 1 aliphatic heterocycles. The van der Waals surface area contributed by atoms with E-state index in [9.17, 15) is 9.90 Å². The maximum absolute atomic E-state index is 12.7. The van der Waals surface area contributed by atoms with Crippen molar-refractivity contribution in [2.24, 2.45) is 0 Å². The van der Waals surface area contributed by atoms with Crippen molar-refractivity contribution >= 4 is 16.8 Å². The van der Waals surface area contributed by atoms with Crippen molar-refractivity contribution in [3.8, 4) is 0 Å². The molecule has 5 heteroatoms. The van der Waals surface area contributed by atoms with Crippen molar-refractivity contribution in [1.29, 1.82) is 0 Å². The molecule has 0 saturated carbocycles. The number of benzene rings is 2. The first-order valence-corrected chi connectivity index (χ1v) is 8.86. The van der Waals surface area contributed by atoms with Gasteiger partial charge in [-0.05, 0) is 42.7 Å². The van der Waals surface area contributed by atoms with Crippen LogP contribution >= 0.6 is 0 Å². The highest BCUT2D eigenvalue weighted by Crippen LogP contribution is 2.21. The maximum atomic E-state index is 12.7. The average Bonchev–Trinajstić information content (AvgIpc) is 2.61. The summed E-state index contributed by atoms with van der Waals surface area (Å²) in [5, 5.41) is 15.1. The molecule has 0 radical (unpaired) electrons. The van der Waals surface area contributed by atoms with Crippen LogP contribution in [-0.4, -0.2) is 47.9 Å². The molecule has 2 aromatic carbocycles. The minimum atomic E-state index is -0.458. The number of nitrogens with one attached hydrogen (secondary N) is 1. The molecule has 25 heavy (non-hydrogen) atoms. The van der Waals surface area contributed by atoms with Crippen LogP contribution in [0.5, 0.6) is 0 Å². The summed E-state index contributed by atoms with van der Waals surface area (Å²) >= 11 is 0. The monoisotopic (exact) mass is 342 g/mol. The highest BCUT2D eigenvalue weighted by Gasteiger charge is 2.29. The Morgan fingerprint density at radius 3 is 2.80 bits per heavy atom. The molecular formula is C20H26N2O3. The highest BCUT2D eigenvalue weighted by molar-refractivity contribution is 5.83. The van der Waals surface area contributed by atoms with E-state index in [1.807, 2.05) is 19.1 Å². The number of urea groups is 1. The minimum Gasteiger partial charge on any atom is -0.393 e. The van der Waals surface area contributed by atoms with Gasteiger partial charge < -0.3 is 20.1 Å². The van der Waals surface area contributed by atoms with Crippen LogP contribution in [0.3, 0.4) is 0 Å². The van der Waals surface area contributed by atoms with E-state index in [-0.39, 0.29) is 18.1 Å². The molecule has 0 aliphatic carbocycles. The number of hydrogen-bond donors (Lipinski definition) is 2. The first-order valence-electron chi connectivity index (χ1n) is 8.86. The Morgan fingerprint density at radius 1 is 1.28 bits per heavy atom. The van der Waals surface area contributed by atoms with E-state index < -0.39 is 6.10 Å². The zero-order valence-electron chi connectivity index (χ0n) is 14.8. The van der Waals surface area contributed by atoms with Crippen LogP contribution in [0.4, 0.5) is 4.79 Å². The largest absolute Gasteiger partial charge is 0.393 e. The number of ether oxygens (including phenoxy) is 1. The topological polar surface area (TPSA) is 61.8 Å². The van der Waals surface area contributed by atoms with Crippen LogP contribution < -0.4 is 5.32 Å². The van der Waals surface area contributed by atoms with E-state index >= 15 is 0 Å². The lowest BCUT2D eigenvalue weighted by Crippen LogP contribution is -2.53. The molecule has 2 amide bonds. The van der Waals surface area contributed by atoms with Crippen LogP contribution in [0.25, 0.3) is 10.8 Å². The molecule has 0 spiro atoms. The van der Waals surface area contributed by atoms with E-state index in [1.54, 1.807) is 11.8 Å². The second kappa shape index (κ2) is 7.85. The Morgan fingerprint density at radius 2 is 2.04 bits per heavy atom. The molecule has 2 N–H and O–H groups in total. The van der Waals surface area contributed by atoms with Crippen molar-refractivity contribution in [2.45, 2.75) is 38.5 Å². The molecule has 3 atom stereocenters. The fraction of sp³-hybridized carbons (Fsp3) is 0.450. The summed E-state index contributed by atoms with van der Waals surface area (Å²) < 4.78 is 5.47. The van der Waals surface area contributed by atoms with Gasteiger partial charge >= 0.3 is 6.03 Å². The molecule has 1 saturated heterocycles. The molecule has 5 nitrogen and oxygen atoms in total. The lowest BCUT2D eigenvalue weighted by molar-refractivity contribution is -0.00473. The fourth-order valence-electron chi connectivity index (χ4n) is 3.34. The molecule has 1 fully saturated rings. The van der Waals surface area contributed by atoms with Gasteiger partial charge in [0.2, 0.25) is 0 Å². The van der Waals surface area contributed by atoms with Crippen molar-refractivity contribution in [1.82, 2.24) is 10.2 Å². The van der Waals surface area contributed by atoms with Gasteiger partial charge in [-0.3, -0.25) is 0 Å². The SMILES string of the molecule is C[C@H](O)C[C@@H]1COCCN1C(=O)N[C@H](C)c1ccc2ccccc2c1. The Hall–Kier alpha value is -2.11. The van der Waals surface area contributed by atoms with Gasteiger partial charge in [0.25, 0.3) is 0 Å². The first-order chi connectivity index (χ1) is 12.0. The van der Waals surface area contributed by atoms with E-state index in [1.165, 1.54) is 10.8 Å². The number of carbonyl (C=O) groups is 1. The number of nitrogens with zero attached hydrogens (tertiary/aromatic N) is 1. The summed E-state index contributed by atoms with van der Waals surface area (Å²) in [6.07, 6.45) is 0.0672. The standard InChI is InChI=1S/C20H26N2O3/c1-14(23)11-19-13-25-10-9-22(19)20(24)21-15(2)17-8-7-16-5-3-4-6-18(16)12-17/h3-8,12,14-15,19,23H,9-11,13H2,1-2H3,(H,21,24)/t14-,15+,19+/m0/s1. The molecule has 1 heterocycles. The average molecular weight is 342 g/mol. The lowest BCUT2D eigenvalue weighted by Gasteiger charge is -2.37. The minimum absolute atomic E-state index is 0.0856. The van der Waals surface area contributed by atoms with Gasteiger partial charge in [0.1, 0.15) is 0 Å². The number of morpholine rings is 1. The Kier molecular flexibility index (Phi) is 5.56. The first kappa shape index (κ1) is 17.7. The number of aliphatic hydroxyl groups excluding tert-OH is 1. The third-order valence-electron chi connectivity index (χ3n) is 4.72. The molecule has 0 bridgehead atoms. The van der Waals surface area contributed by atoms with Crippen molar-refractivity contribution in [3.63, 3.8) is 0 Å². The predicted molar refractivity (Wildman–Crippen MR) is 98.5 cm³/mol. The predicted octanol–water partition coefficient (Wildman–Crippen LogP) is 3.08. The lowest BCUT2D eigenvalue weighted by atomic mass is 10.0. The quantitative estimate of drug-likeness (QED) is 0.897. The van der Waals surface area contributed by atoms with Crippen molar-refractivity contribution in [2.75, 3.05) is 19.8 Å². The van der Waals surface area contributed by atoms with Gasteiger partial charge in [0, 0.05) is 6.54 Å². The van der Waals surface area contributed by atoms with Gasteiger partial charge in [-0.1, -0.05) is 36.4 Å². The molecule has 0 aromatic heterocycles. The van der Waals surface area contributed by atoms with Crippen LogP contribution in [0.1, 0.15) is 31.9 Å². The second-order valence-corrected chi connectivity index (χ2v) is 6.78. The van der Waals surface area contributed by atoms with E-state index in [2.05, 4.69) is 35.6 Å². The van der Waals surface area contributed by atoms with Gasteiger partial charge in [0.05, 0.1) is 31.4 Å². The summed E-state index contributed by atoms with van der Waals surface area (Å²) in [6, 6.07) is 14.2. The number of amides is 2. The number of carbonyl (C=O) groups excluding carboxylic acids is 1. The second-order valence-electron chi connectivity index (χ2n) is 6.78. The molecular weight excluding hydrogens is 316 g/mol. The summed E-state index contributed by atoms with van der Waals surface area (Å²) in [5.41, 5.74) is 1.08. The third kappa shape index (κ3) is 4.30. The van der Waals surface area contributed by atoms with E-state index in [4.69, 9.17) is 4.74 Å². The fourth-order valence-corrected chi connectivity index (χ4v) is 3.34. The van der Waals surface area contributed by atoms with E-state index in [0.29, 0.717) is 26.2 Å². The summed E-state index contributed by atoms with van der Waals surface area (Å²) in [7, 11) is 0. The zero-order valence-corrected chi connectivity index (χ0v) is 14.8. The Bertz CT molecular complexity index is 732. The maximum Gasteiger partial charge on any atom is 0.318 e. The Labute approximate surface area is 148 Å². The molecule has 134 valence electrons. The smallest absolute Gasteiger partial charge is 0.318 e. The van der Waals surface area contributed by atoms with Crippen LogP contribution in [0.2, 0.25) is 0 Å². The number of aliphatic hydroxyl groups is 1. The summed E-state index contributed by atoms with van der Waals surface area (Å²) in [5.74, 6) is 0. The third-order valence-corrected chi connectivity index (χ3v) is 4.72. The summed E-state index contributed by atoms with van der Waals surface area (Å²) in [6.45, 7) is 5.29. The summed E-state index contributed by atoms with van der Waals surface area (Å²) in [4.78, 5) is 14.5. The number of fused-ring (bicyclic) bond motifs is 1. The Balaban J connectivity index is 1.69.